The number of amides is 2. The maximum atomic E-state index is 12.7. The van der Waals surface area contributed by atoms with Crippen molar-refractivity contribution in [3.63, 3.8) is 0 Å². The Morgan fingerprint density at radius 2 is 1.58 bits per heavy atom. The van der Waals surface area contributed by atoms with Crippen molar-refractivity contribution in [2.24, 2.45) is 0 Å². The molecular formula is C19H14N2O3. The molecule has 24 heavy (non-hydrogen) atoms. The number of ether oxygens (including phenoxy) is 1. The minimum absolute atomic E-state index is 0.0834. The van der Waals surface area contributed by atoms with E-state index in [1.807, 2.05) is 12.1 Å². The second-order valence-electron chi connectivity index (χ2n) is 5.97. The van der Waals surface area contributed by atoms with Crippen LogP contribution in [0.1, 0.15) is 37.8 Å². The molecule has 5 heteroatoms. The zero-order valence-corrected chi connectivity index (χ0v) is 12.8. The predicted octanol–water partition coefficient (Wildman–Crippen LogP) is 2.34. The molecule has 0 aromatic heterocycles. The second-order valence-corrected chi connectivity index (χ2v) is 5.97. The first-order valence-electron chi connectivity index (χ1n) is 7.75. The van der Waals surface area contributed by atoms with Gasteiger partial charge in [-0.25, -0.2) is 0 Å². The molecule has 4 rings (SSSR count). The Balaban J connectivity index is 1.67. The summed E-state index contributed by atoms with van der Waals surface area (Å²) in [6, 6.07) is 15.9. The van der Waals surface area contributed by atoms with Crippen molar-refractivity contribution in [1.29, 1.82) is 5.26 Å². The van der Waals surface area contributed by atoms with Crippen molar-refractivity contribution in [1.82, 2.24) is 4.90 Å². The van der Waals surface area contributed by atoms with Gasteiger partial charge in [0.15, 0.2) is 0 Å². The highest BCUT2D eigenvalue weighted by Gasteiger charge is 2.45. The summed E-state index contributed by atoms with van der Waals surface area (Å²) in [4.78, 5) is 26.7. The van der Waals surface area contributed by atoms with Gasteiger partial charge in [-0.15, -0.1) is 0 Å². The Morgan fingerprint density at radius 3 is 2.17 bits per heavy atom. The fraction of sp³-hybridized carbons (Fsp3) is 0.211. The zero-order chi connectivity index (χ0) is 16.7. The maximum Gasteiger partial charge on any atom is 0.261 e. The van der Waals surface area contributed by atoms with E-state index in [-0.39, 0.29) is 23.8 Å². The number of nitrogens with zero attached hydrogens (tertiary/aromatic N) is 2. The van der Waals surface area contributed by atoms with Crippen molar-refractivity contribution < 1.29 is 14.3 Å². The number of carbonyl (C=O) groups excluding carboxylic acids is 2. The van der Waals surface area contributed by atoms with Gasteiger partial charge in [-0.1, -0.05) is 24.3 Å². The van der Waals surface area contributed by atoms with Gasteiger partial charge in [0.25, 0.3) is 11.8 Å². The number of fused-ring (bicyclic) bond motifs is 1. The molecule has 2 heterocycles. The Bertz CT molecular complexity index is 832. The van der Waals surface area contributed by atoms with Crippen LogP contribution in [0.2, 0.25) is 0 Å². The van der Waals surface area contributed by atoms with Crippen LogP contribution in [0.15, 0.2) is 48.5 Å². The molecule has 5 nitrogen and oxygen atoms in total. The van der Waals surface area contributed by atoms with E-state index in [1.54, 1.807) is 36.4 Å². The lowest BCUT2D eigenvalue weighted by atomic mass is 9.92. The van der Waals surface area contributed by atoms with Crippen LogP contribution in [0.3, 0.4) is 0 Å². The fourth-order valence-corrected chi connectivity index (χ4v) is 3.43. The number of benzene rings is 2. The number of carbonyl (C=O) groups is 2. The lowest BCUT2D eigenvalue weighted by molar-refractivity contribution is 0.0558. The molecule has 1 fully saturated rings. The molecule has 0 aliphatic carbocycles. The van der Waals surface area contributed by atoms with Gasteiger partial charge in [0.1, 0.15) is 0 Å². The summed E-state index contributed by atoms with van der Waals surface area (Å²) in [7, 11) is 0. The Labute approximate surface area is 139 Å². The molecule has 0 unspecified atom stereocenters. The van der Waals surface area contributed by atoms with Crippen LogP contribution < -0.4 is 0 Å². The van der Waals surface area contributed by atoms with Gasteiger partial charge in [0.2, 0.25) is 0 Å². The number of imide groups is 1. The molecule has 0 N–H and O–H groups in total. The first-order valence-corrected chi connectivity index (χ1v) is 7.75. The maximum absolute atomic E-state index is 12.7. The van der Waals surface area contributed by atoms with Gasteiger partial charge in [-0.2, -0.15) is 5.26 Å². The third kappa shape index (κ3) is 2.12. The summed E-state index contributed by atoms with van der Waals surface area (Å²) in [6.45, 7) is 0.778. The molecule has 0 bridgehead atoms. The average molecular weight is 318 g/mol. The number of rotatable bonds is 2. The summed E-state index contributed by atoms with van der Waals surface area (Å²) in [6.07, 6.45) is 0. The standard InChI is InChI=1S/C19H14N2O3/c20-9-12-5-7-13(8-6-12)16-10-24-11-17(16)21-18(22)14-3-1-2-4-15(14)19(21)23/h1-8,16-17H,10-11H2/t16-,17-/m0/s1. The molecule has 2 aromatic rings. The molecule has 2 aliphatic heterocycles. The third-order valence-electron chi connectivity index (χ3n) is 4.68. The molecule has 2 atom stereocenters. The summed E-state index contributed by atoms with van der Waals surface area (Å²) in [5.41, 5.74) is 2.45. The smallest absolute Gasteiger partial charge is 0.261 e. The topological polar surface area (TPSA) is 70.4 Å². The summed E-state index contributed by atoms with van der Waals surface area (Å²) >= 11 is 0. The largest absolute Gasteiger partial charge is 0.379 e. The molecule has 0 radical (unpaired) electrons. The number of hydrogen-bond donors (Lipinski definition) is 0. The second kappa shape index (κ2) is 5.59. The van der Waals surface area contributed by atoms with Crippen LogP contribution in [-0.4, -0.2) is 36.0 Å². The van der Waals surface area contributed by atoms with E-state index in [1.165, 1.54) is 4.90 Å². The van der Waals surface area contributed by atoms with E-state index in [4.69, 9.17) is 10.00 Å². The van der Waals surface area contributed by atoms with Crippen LogP contribution >= 0.6 is 0 Å². The quantitative estimate of drug-likeness (QED) is 0.797. The highest BCUT2D eigenvalue weighted by atomic mass is 16.5. The van der Waals surface area contributed by atoms with E-state index in [0.29, 0.717) is 29.9 Å². The molecule has 0 saturated carbocycles. The van der Waals surface area contributed by atoms with Gasteiger partial charge < -0.3 is 4.74 Å². The average Bonchev–Trinajstić information content (AvgIpc) is 3.19. The van der Waals surface area contributed by atoms with Crippen LogP contribution in [0.5, 0.6) is 0 Å². The normalized spacial score (nSPS) is 22.5. The van der Waals surface area contributed by atoms with Gasteiger partial charge >= 0.3 is 0 Å². The van der Waals surface area contributed by atoms with E-state index in [2.05, 4.69) is 6.07 Å². The van der Waals surface area contributed by atoms with E-state index < -0.39 is 0 Å². The molecule has 2 amide bonds. The SMILES string of the molecule is N#Cc1ccc([C@@H]2COC[C@@H]2N2C(=O)c3ccccc3C2=O)cc1. The molecule has 118 valence electrons. The minimum atomic E-state index is -0.328. The van der Waals surface area contributed by atoms with Crippen LogP contribution in [0.25, 0.3) is 0 Å². The highest BCUT2D eigenvalue weighted by molar-refractivity contribution is 6.21. The van der Waals surface area contributed by atoms with Crippen LogP contribution in [0.4, 0.5) is 0 Å². The zero-order valence-electron chi connectivity index (χ0n) is 12.8. The lowest BCUT2D eigenvalue weighted by Crippen LogP contribution is -2.43. The monoisotopic (exact) mass is 318 g/mol. The molecule has 2 aromatic carbocycles. The predicted molar refractivity (Wildman–Crippen MR) is 85.4 cm³/mol. The van der Waals surface area contributed by atoms with Crippen molar-refractivity contribution in [2.45, 2.75) is 12.0 Å². The van der Waals surface area contributed by atoms with Crippen molar-refractivity contribution in [3.8, 4) is 6.07 Å². The molecule has 2 aliphatic rings. The van der Waals surface area contributed by atoms with Gasteiger partial charge in [-0.05, 0) is 29.8 Å². The third-order valence-corrected chi connectivity index (χ3v) is 4.68. The van der Waals surface area contributed by atoms with Crippen molar-refractivity contribution in [3.05, 3.63) is 70.8 Å². The van der Waals surface area contributed by atoms with Crippen LogP contribution in [0, 0.1) is 11.3 Å². The van der Waals surface area contributed by atoms with E-state index >= 15 is 0 Å². The first kappa shape index (κ1) is 14.6. The Kier molecular flexibility index (Phi) is 3.40. The number of nitriles is 1. The van der Waals surface area contributed by atoms with E-state index in [9.17, 15) is 9.59 Å². The Morgan fingerprint density at radius 1 is 0.958 bits per heavy atom. The summed E-state index contributed by atoms with van der Waals surface area (Å²) in [5, 5.41) is 8.92. The van der Waals surface area contributed by atoms with E-state index in [0.717, 1.165) is 5.56 Å². The fourth-order valence-electron chi connectivity index (χ4n) is 3.43. The Hall–Kier alpha value is -2.97. The first-order chi connectivity index (χ1) is 11.7. The molecule has 0 spiro atoms. The van der Waals surface area contributed by atoms with Crippen molar-refractivity contribution in [2.75, 3.05) is 13.2 Å². The van der Waals surface area contributed by atoms with Crippen molar-refractivity contribution >= 4 is 11.8 Å². The van der Waals surface area contributed by atoms with Gasteiger partial charge in [0.05, 0.1) is 42.0 Å². The summed E-state index contributed by atoms with van der Waals surface area (Å²) in [5.74, 6) is -0.602. The lowest BCUT2D eigenvalue weighted by Gasteiger charge is -2.26. The number of hydrogen-bond acceptors (Lipinski definition) is 4. The van der Waals surface area contributed by atoms with Gasteiger partial charge in [-0.3, -0.25) is 14.5 Å². The van der Waals surface area contributed by atoms with Crippen LogP contribution in [-0.2, 0) is 4.74 Å². The molecule has 1 saturated heterocycles. The highest BCUT2D eigenvalue weighted by Crippen LogP contribution is 2.34. The van der Waals surface area contributed by atoms with Gasteiger partial charge in [0, 0.05) is 5.92 Å². The molecular weight excluding hydrogens is 304 g/mol. The minimum Gasteiger partial charge on any atom is -0.379 e. The summed E-state index contributed by atoms with van der Waals surface area (Å²) < 4.78 is 5.58.